The van der Waals surface area contributed by atoms with Crippen LogP contribution in [0, 0.1) is 25.5 Å². The Bertz CT molecular complexity index is 3040. The highest BCUT2D eigenvalue weighted by Gasteiger charge is 2.37. The zero-order valence-corrected chi connectivity index (χ0v) is 35.5. The molecule has 0 unspecified atom stereocenters. The van der Waals surface area contributed by atoms with Crippen molar-refractivity contribution in [1.29, 1.82) is 0 Å². The zero-order chi connectivity index (χ0) is 45.7. The fraction of sp³-hybridized carbons (Fsp3) is 0.390. The molecule has 0 spiro atoms. The first-order valence-electron chi connectivity index (χ1n) is 21.2. The molecule has 318 valence electrons. The number of halogens is 1. The third kappa shape index (κ3) is 7.65. The number of esters is 1. The Morgan fingerprint density at radius 3 is 2.56 bits per heavy atom. The molecule has 0 aliphatic carbocycles. The van der Waals surface area contributed by atoms with Crippen molar-refractivity contribution in [3.05, 3.63) is 77.0 Å². The standard InChI is InChI=1S/C31H39FN8O4Si.C10H8N4O2/c1-18-21(27-19(2)35-37-38(27)3)16-34-24-26(18)40(28(20-9-12-43-13-10-20)23-22(32)8-7-11-33-23)30-25(31(41)42)36-39(29(24)30)17-44-14-15-45(4,5)6;1-16-10(15)9-7-8(13-14-9)6-5(12-7)3-2-4-11-6/h7-8,11,16,20,28H,9-10,12-15,17H2,1-6H3,(H,41,42);2-4,12H,1H3,(H,13,14)/t28-;/m0./s1/i2D3;. The Kier molecular flexibility index (Phi) is 10.2. The number of pyridine rings is 3. The molecule has 1 saturated heterocycles. The van der Waals surface area contributed by atoms with Gasteiger partial charge < -0.3 is 28.9 Å². The van der Waals surface area contributed by atoms with Crippen LogP contribution in [0.5, 0.6) is 0 Å². The predicted octanol–water partition coefficient (Wildman–Crippen LogP) is 6.58. The summed E-state index contributed by atoms with van der Waals surface area (Å²) in [5.41, 5.74) is 5.78. The van der Waals surface area contributed by atoms with Crippen molar-refractivity contribution >= 4 is 64.1 Å². The van der Waals surface area contributed by atoms with Gasteiger partial charge >= 0.3 is 11.9 Å². The summed E-state index contributed by atoms with van der Waals surface area (Å²) in [4.78, 5) is 41.0. The van der Waals surface area contributed by atoms with E-state index < -0.39 is 38.7 Å². The number of rotatable bonds is 11. The molecule has 0 radical (unpaired) electrons. The average Bonchev–Trinajstić information content (AvgIpc) is 4.08. The van der Waals surface area contributed by atoms with Crippen molar-refractivity contribution in [2.45, 2.75) is 65.1 Å². The Balaban J connectivity index is 0.000000291. The van der Waals surface area contributed by atoms with E-state index in [0.29, 0.717) is 65.9 Å². The van der Waals surface area contributed by atoms with E-state index in [9.17, 15) is 14.7 Å². The number of methoxy groups -OCH3 is 1. The molecule has 20 heteroatoms. The van der Waals surface area contributed by atoms with Crippen LogP contribution in [0.3, 0.4) is 0 Å². The van der Waals surface area contributed by atoms with Gasteiger partial charge in [-0.05, 0) is 68.4 Å². The molecule has 0 saturated carbocycles. The molecular formula is C41H47FN12O6Si. The van der Waals surface area contributed by atoms with Crippen LogP contribution in [0.25, 0.3) is 55.4 Å². The molecule has 18 nitrogen and oxygen atoms in total. The van der Waals surface area contributed by atoms with Gasteiger partial charge in [-0.2, -0.15) is 10.2 Å². The quantitative estimate of drug-likeness (QED) is 0.0712. The van der Waals surface area contributed by atoms with Crippen LogP contribution < -0.4 is 0 Å². The van der Waals surface area contributed by atoms with Gasteiger partial charge in [-0.15, -0.1) is 5.10 Å². The molecule has 0 amide bonds. The van der Waals surface area contributed by atoms with Crippen LogP contribution in [-0.4, -0.2) is 112 Å². The van der Waals surface area contributed by atoms with Crippen molar-refractivity contribution in [1.82, 2.24) is 59.5 Å². The second-order valence-electron chi connectivity index (χ2n) is 16.1. The summed E-state index contributed by atoms with van der Waals surface area (Å²) in [6.45, 7) is 7.31. The first kappa shape index (κ1) is 37.6. The number of hydrogen-bond donors (Lipinski definition) is 3. The van der Waals surface area contributed by atoms with Crippen molar-refractivity contribution in [3.8, 4) is 11.3 Å². The highest BCUT2D eigenvalue weighted by atomic mass is 28.3. The van der Waals surface area contributed by atoms with E-state index >= 15 is 4.39 Å². The summed E-state index contributed by atoms with van der Waals surface area (Å²) >= 11 is 0. The third-order valence-electron chi connectivity index (χ3n) is 10.9. The third-order valence-corrected chi connectivity index (χ3v) is 12.6. The van der Waals surface area contributed by atoms with Gasteiger partial charge in [0.15, 0.2) is 11.4 Å². The van der Waals surface area contributed by atoms with Crippen molar-refractivity contribution in [3.63, 3.8) is 0 Å². The molecule has 9 heterocycles. The number of H-pyrrole nitrogens is 2. The lowest BCUT2D eigenvalue weighted by atomic mass is 9.88. The van der Waals surface area contributed by atoms with E-state index in [0.717, 1.165) is 22.6 Å². The number of carboxylic acids is 1. The van der Waals surface area contributed by atoms with Gasteiger partial charge in [-0.1, -0.05) is 24.9 Å². The molecule has 3 N–H and O–H groups in total. The molecule has 0 bridgehead atoms. The number of carboxylic acid groups (broad SMARTS) is 1. The van der Waals surface area contributed by atoms with Gasteiger partial charge in [0, 0.05) is 63.2 Å². The number of carbonyl (C=O) groups excluding carboxylic acids is 1. The molecule has 0 aromatic carbocycles. The Labute approximate surface area is 353 Å². The van der Waals surface area contributed by atoms with Crippen LogP contribution >= 0.6 is 0 Å². The largest absolute Gasteiger partial charge is 0.476 e. The molecular weight excluding hydrogens is 804 g/mol. The second-order valence-corrected chi connectivity index (χ2v) is 21.7. The van der Waals surface area contributed by atoms with E-state index in [-0.39, 0.29) is 46.6 Å². The van der Waals surface area contributed by atoms with Crippen molar-refractivity contribution in [2.75, 3.05) is 26.9 Å². The van der Waals surface area contributed by atoms with E-state index in [1.54, 1.807) is 24.0 Å². The van der Waals surface area contributed by atoms with Crippen LogP contribution in [0.15, 0.2) is 42.9 Å². The number of hydrogen-bond acceptors (Lipinski definition) is 12. The fourth-order valence-corrected chi connectivity index (χ4v) is 8.71. The normalized spacial score (nSPS) is 15.2. The SMILES string of the molecule is COC(=O)c1n[nH]c2c1[nH]c1cccnc12.[2H]C([2H])([2H])c1nnn(C)c1-c1cnc2c3c(c(C(=O)O)nn3COCC[Si](C)(C)C)n([C@H](c3ncccc3F)C3CCOCC3)c2c1C. The number of nitrogens with one attached hydrogen (secondary N) is 2. The summed E-state index contributed by atoms with van der Waals surface area (Å²) in [5, 5.41) is 29.7. The van der Waals surface area contributed by atoms with Gasteiger partial charge in [0.05, 0.1) is 41.3 Å². The van der Waals surface area contributed by atoms with Gasteiger partial charge in [-0.25, -0.2) is 23.3 Å². The van der Waals surface area contributed by atoms with Crippen LogP contribution in [0.2, 0.25) is 25.7 Å². The maximum atomic E-state index is 15.8. The minimum Gasteiger partial charge on any atom is -0.476 e. The lowest BCUT2D eigenvalue weighted by molar-refractivity contribution is 0.0541. The number of fused-ring (bicyclic) bond motifs is 6. The summed E-state index contributed by atoms with van der Waals surface area (Å²) < 4.78 is 61.2. The number of aromatic carboxylic acids is 1. The number of aromatic amines is 2. The fourth-order valence-electron chi connectivity index (χ4n) is 7.95. The number of aromatic nitrogens is 12. The summed E-state index contributed by atoms with van der Waals surface area (Å²) in [7, 11) is 1.51. The van der Waals surface area contributed by atoms with Crippen molar-refractivity contribution < 1.29 is 37.4 Å². The minimum atomic E-state index is -2.57. The molecule has 8 aromatic rings. The summed E-state index contributed by atoms with van der Waals surface area (Å²) in [6.07, 6.45) is 5.89. The minimum absolute atomic E-state index is 0.0232. The van der Waals surface area contributed by atoms with Gasteiger partial charge in [0.1, 0.15) is 45.6 Å². The molecule has 1 fully saturated rings. The molecule has 1 aliphatic heterocycles. The lowest BCUT2D eigenvalue weighted by Crippen LogP contribution is -2.28. The number of nitrogens with zero attached hydrogens (tertiary/aromatic N) is 10. The zero-order valence-electron chi connectivity index (χ0n) is 37.5. The molecule has 8 aromatic heterocycles. The van der Waals surface area contributed by atoms with Gasteiger partial charge in [0.2, 0.25) is 0 Å². The van der Waals surface area contributed by atoms with E-state index in [1.807, 2.05) is 19.1 Å². The lowest BCUT2D eigenvalue weighted by Gasteiger charge is -2.32. The van der Waals surface area contributed by atoms with Gasteiger partial charge in [-0.3, -0.25) is 20.1 Å². The maximum absolute atomic E-state index is 15.8. The monoisotopic (exact) mass is 853 g/mol. The second kappa shape index (κ2) is 16.6. The Morgan fingerprint density at radius 1 is 1.07 bits per heavy atom. The highest BCUT2D eigenvalue weighted by molar-refractivity contribution is 6.76. The molecule has 1 aliphatic rings. The topological polar surface area (TPSA) is 219 Å². The first-order chi connectivity index (χ1) is 30.5. The predicted molar refractivity (Wildman–Crippen MR) is 227 cm³/mol. The van der Waals surface area contributed by atoms with E-state index in [2.05, 4.69) is 64.9 Å². The number of ether oxygens (including phenoxy) is 3. The average molecular weight is 854 g/mol. The smallest absolute Gasteiger partial charge is 0.360 e. The van der Waals surface area contributed by atoms with Crippen LogP contribution in [0.4, 0.5) is 4.39 Å². The number of aryl methyl sites for hydroxylation is 3. The van der Waals surface area contributed by atoms with E-state index in [4.69, 9.17) is 18.6 Å². The first-order valence-corrected chi connectivity index (χ1v) is 23.4. The maximum Gasteiger partial charge on any atom is 0.360 e. The van der Waals surface area contributed by atoms with Crippen LogP contribution in [-0.2, 0) is 28.0 Å². The Hall–Kier alpha value is -6.38. The number of carbonyl (C=O) groups is 2. The summed E-state index contributed by atoms with van der Waals surface area (Å²) in [5.74, 6) is -2.47. The molecule has 9 rings (SSSR count). The highest BCUT2D eigenvalue weighted by Crippen LogP contribution is 2.44. The van der Waals surface area contributed by atoms with Crippen LogP contribution in [0.1, 0.15) is 60.9 Å². The molecule has 61 heavy (non-hydrogen) atoms. The Morgan fingerprint density at radius 2 is 1.84 bits per heavy atom. The van der Waals surface area contributed by atoms with E-state index in [1.165, 1.54) is 34.8 Å². The van der Waals surface area contributed by atoms with Crippen molar-refractivity contribution in [2.24, 2.45) is 13.0 Å². The van der Waals surface area contributed by atoms with Gasteiger partial charge in [0.25, 0.3) is 0 Å². The molecule has 1 atom stereocenters. The summed E-state index contributed by atoms with van der Waals surface area (Å²) in [6, 6.07) is 6.69.